The van der Waals surface area contributed by atoms with Gasteiger partial charge in [0.2, 0.25) is 5.91 Å². The van der Waals surface area contributed by atoms with E-state index in [1.165, 1.54) is 12.0 Å². The fourth-order valence-corrected chi connectivity index (χ4v) is 4.06. The summed E-state index contributed by atoms with van der Waals surface area (Å²) in [7, 11) is 1.26. The number of nitrogens with zero attached hydrogens (tertiary/aromatic N) is 2. The molecule has 1 aromatic rings. The van der Waals surface area contributed by atoms with Gasteiger partial charge in [-0.2, -0.15) is 5.26 Å². The average molecular weight is 314 g/mol. The molecule has 3 rings (SSSR count). The Bertz CT molecular complexity index is 722. The monoisotopic (exact) mass is 314 g/mol. The van der Waals surface area contributed by atoms with Gasteiger partial charge < -0.3 is 14.7 Å². The highest BCUT2D eigenvalue weighted by molar-refractivity contribution is 6.03. The van der Waals surface area contributed by atoms with E-state index in [0.717, 1.165) is 0 Å². The highest BCUT2D eigenvalue weighted by Gasteiger charge is 2.65. The third-order valence-electron chi connectivity index (χ3n) is 4.98. The maximum absolute atomic E-state index is 12.7. The van der Waals surface area contributed by atoms with Crippen molar-refractivity contribution in [2.75, 3.05) is 12.0 Å². The molecule has 1 fully saturated rings. The molecule has 6 heteroatoms. The van der Waals surface area contributed by atoms with Gasteiger partial charge in [-0.25, -0.2) is 0 Å². The van der Waals surface area contributed by atoms with Crippen LogP contribution in [0.2, 0.25) is 0 Å². The lowest BCUT2D eigenvalue weighted by molar-refractivity contribution is -0.153. The minimum atomic E-state index is -1.38. The number of amides is 1. The van der Waals surface area contributed by atoms with Crippen molar-refractivity contribution in [3.05, 3.63) is 29.8 Å². The lowest BCUT2D eigenvalue weighted by Gasteiger charge is -2.46. The van der Waals surface area contributed by atoms with Crippen molar-refractivity contribution in [2.24, 2.45) is 0 Å². The number of anilines is 1. The first-order valence-corrected chi connectivity index (χ1v) is 7.49. The van der Waals surface area contributed by atoms with Crippen LogP contribution in [-0.4, -0.2) is 35.7 Å². The SMILES string of the molecule is COC(=O)[C@@]1(CC#N)c2ccccc2N2C(=O)CC[C@](C)(O)[C@H]21. The second kappa shape index (κ2) is 5.07. The predicted octanol–water partition coefficient (Wildman–Crippen LogP) is 1.27. The number of para-hydroxylation sites is 1. The molecule has 0 spiro atoms. The minimum Gasteiger partial charge on any atom is -0.468 e. The molecule has 2 heterocycles. The number of hydrogen-bond acceptors (Lipinski definition) is 5. The second-order valence-electron chi connectivity index (χ2n) is 6.34. The van der Waals surface area contributed by atoms with Crippen molar-refractivity contribution in [1.29, 1.82) is 5.26 Å². The van der Waals surface area contributed by atoms with Crippen molar-refractivity contribution in [3.8, 4) is 6.07 Å². The topological polar surface area (TPSA) is 90.6 Å². The Balaban J connectivity index is 2.34. The van der Waals surface area contributed by atoms with Gasteiger partial charge in [0, 0.05) is 12.1 Å². The molecule has 23 heavy (non-hydrogen) atoms. The zero-order valence-corrected chi connectivity index (χ0v) is 13.1. The second-order valence-corrected chi connectivity index (χ2v) is 6.34. The van der Waals surface area contributed by atoms with Crippen LogP contribution in [0.1, 0.15) is 31.7 Å². The molecule has 0 saturated carbocycles. The number of esters is 1. The molecule has 3 atom stereocenters. The van der Waals surface area contributed by atoms with Gasteiger partial charge in [0.25, 0.3) is 0 Å². The largest absolute Gasteiger partial charge is 0.468 e. The number of nitriles is 1. The van der Waals surface area contributed by atoms with E-state index in [9.17, 15) is 20.0 Å². The number of piperidine rings is 1. The zero-order valence-electron chi connectivity index (χ0n) is 13.1. The van der Waals surface area contributed by atoms with Crippen LogP contribution < -0.4 is 4.90 Å². The van der Waals surface area contributed by atoms with E-state index in [-0.39, 0.29) is 25.2 Å². The van der Waals surface area contributed by atoms with Gasteiger partial charge in [-0.3, -0.25) is 9.59 Å². The Morgan fingerprint density at radius 3 is 2.87 bits per heavy atom. The molecule has 0 unspecified atom stereocenters. The third kappa shape index (κ3) is 1.90. The van der Waals surface area contributed by atoms with Crippen molar-refractivity contribution < 1.29 is 19.4 Å². The van der Waals surface area contributed by atoms with Crippen molar-refractivity contribution in [1.82, 2.24) is 0 Å². The lowest BCUT2D eigenvalue weighted by Crippen LogP contribution is -2.65. The molecular formula is C17H18N2O4. The minimum absolute atomic E-state index is 0.155. The molecule has 0 aliphatic carbocycles. The number of fused-ring (bicyclic) bond motifs is 3. The smallest absolute Gasteiger partial charge is 0.319 e. The standard InChI is InChI=1S/C17H18N2O4/c1-16(22)8-7-13(20)19-12-6-4-3-5-11(12)17(9-10-18,14(16)19)15(21)23-2/h3-6,14,22H,7-9H2,1-2H3/t14-,16-,17-/m0/s1. The number of aliphatic hydroxyl groups is 1. The number of benzene rings is 1. The van der Waals surface area contributed by atoms with Crippen LogP contribution in [0.15, 0.2) is 24.3 Å². The Kier molecular flexibility index (Phi) is 3.42. The summed E-state index contributed by atoms with van der Waals surface area (Å²) in [5.41, 5.74) is -1.53. The van der Waals surface area contributed by atoms with Gasteiger partial charge in [-0.05, 0) is 25.0 Å². The number of carbonyl (C=O) groups excluding carboxylic acids is 2. The van der Waals surface area contributed by atoms with Gasteiger partial charge in [0.1, 0.15) is 5.41 Å². The Labute approximate surface area is 134 Å². The molecule has 0 bridgehead atoms. The van der Waals surface area contributed by atoms with E-state index >= 15 is 0 Å². The van der Waals surface area contributed by atoms with Crippen LogP contribution >= 0.6 is 0 Å². The number of rotatable bonds is 2. The first kappa shape index (κ1) is 15.5. The van der Waals surface area contributed by atoms with Gasteiger partial charge in [0.05, 0.1) is 31.2 Å². The van der Waals surface area contributed by atoms with Crippen molar-refractivity contribution in [3.63, 3.8) is 0 Å². The molecule has 1 saturated heterocycles. The van der Waals surface area contributed by atoms with Crippen LogP contribution in [0.25, 0.3) is 0 Å². The first-order valence-electron chi connectivity index (χ1n) is 7.49. The van der Waals surface area contributed by atoms with Crippen molar-refractivity contribution in [2.45, 2.75) is 43.2 Å². The molecule has 0 aromatic heterocycles. The van der Waals surface area contributed by atoms with E-state index in [2.05, 4.69) is 0 Å². The Morgan fingerprint density at radius 2 is 2.22 bits per heavy atom. The normalized spacial score (nSPS) is 32.0. The third-order valence-corrected chi connectivity index (χ3v) is 4.98. The molecule has 2 aliphatic heterocycles. The van der Waals surface area contributed by atoms with Gasteiger partial charge in [0.15, 0.2) is 0 Å². The summed E-state index contributed by atoms with van der Waals surface area (Å²) in [6.45, 7) is 1.61. The average Bonchev–Trinajstić information content (AvgIpc) is 2.85. The number of hydrogen-bond donors (Lipinski definition) is 1. The molecule has 1 N–H and O–H groups in total. The van der Waals surface area contributed by atoms with E-state index < -0.39 is 23.0 Å². The quantitative estimate of drug-likeness (QED) is 0.830. The van der Waals surface area contributed by atoms with Crippen LogP contribution in [0, 0.1) is 11.3 Å². The van der Waals surface area contributed by atoms with Gasteiger partial charge in [-0.15, -0.1) is 0 Å². The van der Waals surface area contributed by atoms with Crippen LogP contribution in [0.4, 0.5) is 5.69 Å². The van der Waals surface area contributed by atoms with Gasteiger partial charge in [-0.1, -0.05) is 18.2 Å². The van der Waals surface area contributed by atoms with Gasteiger partial charge >= 0.3 is 5.97 Å². The predicted molar refractivity (Wildman–Crippen MR) is 81.5 cm³/mol. The van der Waals surface area contributed by atoms with Crippen molar-refractivity contribution >= 4 is 17.6 Å². The summed E-state index contributed by atoms with van der Waals surface area (Å²) in [5, 5.41) is 20.3. The maximum Gasteiger partial charge on any atom is 0.319 e. The van der Waals surface area contributed by atoms with Crippen LogP contribution in [0.5, 0.6) is 0 Å². The number of methoxy groups -OCH3 is 1. The van der Waals surface area contributed by atoms with E-state index in [0.29, 0.717) is 11.3 Å². The number of carbonyl (C=O) groups is 2. The molecule has 0 radical (unpaired) electrons. The summed E-state index contributed by atoms with van der Waals surface area (Å²) >= 11 is 0. The molecule has 1 amide bonds. The van der Waals surface area contributed by atoms with Crippen LogP contribution in [0.3, 0.4) is 0 Å². The fourth-order valence-electron chi connectivity index (χ4n) is 4.06. The molecule has 120 valence electrons. The number of ether oxygens (including phenoxy) is 1. The molecule has 1 aromatic carbocycles. The fraction of sp³-hybridized carbons (Fsp3) is 0.471. The van der Waals surface area contributed by atoms with Crippen LogP contribution in [-0.2, 0) is 19.7 Å². The van der Waals surface area contributed by atoms with E-state index in [1.807, 2.05) is 6.07 Å². The molecule has 2 aliphatic rings. The summed E-state index contributed by atoms with van der Waals surface area (Å²) in [4.78, 5) is 26.7. The summed E-state index contributed by atoms with van der Waals surface area (Å²) < 4.78 is 4.99. The highest BCUT2D eigenvalue weighted by Crippen LogP contribution is 2.54. The molecular weight excluding hydrogens is 296 g/mol. The first-order chi connectivity index (χ1) is 10.9. The Morgan fingerprint density at radius 1 is 1.52 bits per heavy atom. The Hall–Kier alpha value is -2.39. The maximum atomic E-state index is 12.7. The summed E-state index contributed by atoms with van der Waals surface area (Å²) in [6.07, 6.45) is 0.272. The summed E-state index contributed by atoms with van der Waals surface area (Å²) in [6, 6.07) is 8.19. The highest BCUT2D eigenvalue weighted by atomic mass is 16.5. The summed E-state index contributed by atoms with van der Waals surface area (Å²) in [5.74, 6) is -0.758. The van der Waals surface area contributed by atoms with E-state index in [4.69, 9.17) is 4.74 Å². The lowest BCUT2D eigenvalue weighted by atomic mass is 9.66. The van der Waals surface area contributed by atoms with E-state index in [1.54, 1.807) is 31.2 Å². The zero-order chi connectivity index (χ0) is 16.8. The molecule has 6 nitrogen and oxygen atoms in total.